The number of rotatable bonds is 4. The average molecular weight is 318 g/mol. The smallest absolute Gasteiger partial charge is 0.272 e. The monoisotopic (exact) mass is 318 g/mol. The van der Waals surface area contributed by atoms with Gasteiger partial charge in [-0.1, -0.05) is 12.8 Å². The highest BCUT2D eigenvalue weighted by Crippen LogP contribution is 2.16. The van der Waals surface area contributed by atoms with E-state index in [1.807, 2.05) is 11.8 Å². The van der Waals surface area contributed by atoms with Crippen LogP contribution in [0.1, 0.15) is 54.8 Å². The first kappa shape index (κ1) is 16.2. The molecule has 2 aliphatic heterocycles. The summed E-state index contributed by atoms with van der Waals surface area (Å²) in [7, 11) is 0. The molecule has 2 saturated heterocycles. The largest absolute Gasteiger partial charge is 0.376 e. The first-order valence-corrected chi connectivity index (χ1v) is 8.73. The zero-order chi connectivity index (χ0) is 16.1. The number of carbonyl (C=O) groups is 1. The van der Waals surface area contributed by atoms with Gasteiger partial charge >= 0.3 is 0 Å². The molecule has 0 spiro atoms. The number of likely N-dealkylation sites (tertiary alicyclic amines) is 1. The quantitative estimate of drug-likeness (QED) is 0.923. The average Bonchev–Trinajstić information content (AvgIpc) is 2.92. The molecule has 0 aromatic carbocycles. The Morgan fingerprint density at radius 2 is 2.04 bits per heavy atom. The number of carbonyl (C=O) groups excluding carboxylic acids is 1. The molecule has 3 rings (SSSR count). The molecular weight excluding hydrogens is 292 g/mol. The third-order valence-corrected chi connectivity index (χ3v) is 4.49. The lowest BCUT2D eigenvalue weighted by molar-refractivity contribution is 0.0755. The highest BCUT2D eigenvalue weighted by atomic mass is 16.5. The predicted molar refractivity (Wildman–Crippen MR) is 88.6 cm³/mol. The van der Waals surface area contributed by atoms with Crippen LogP contribution in [0, 0.1) is 6.92 Å². The fourth-order valence-corrected chi connectivity index (χ4v) is 3.23. The third-order valence-electron chi connectivity index (χ3n) is 4.49. The van der Waals surface area contributed by atoms with E-state index in [0.29, 0.717) is 17.3 Å². The van der Waals surface area contributed by atoms with Gasteiger partial charge in [-0.15, -0.1) is 0 Å². The Labute approximate surface area is 137 Å². The number of ether oxygens (including phenoxy) is 1. The number of hydrogen-bond acceptors (Lipinski definition) is 5. The molecule has 1 N–H and O–H groups in total. The Morgan fingerprint density at radius 3 is 2.74 bits per heavy atom. The van der Waals surface area contributed by atoms with Gasteiger partial charge in [0.25, 0.3) is 5.91 Å². The molecule has 3 heterocycles. The molecule has 6 heteroatoms. The van der Waals surface area contributed by atoms with Gasteiger partial charge in [0.1, 0.15) is 17.3 Å². The van der Waals surface area contributed by atoms with E-state index in [-0.39, 0.29) is 12.0 Å². The van der Waals surface area contributed by atoms with E-state index in [1.54, 1.807) is 6.07 Å². The maximum Gasteiger partial charge on any atom is 0.272 e. The van der Waals surface area contributed by atoms with Gasteiger partial charge in [0, 0.05) is 32.3 Å². The van der Waals surface area contributed by atoms with Crippen LogP contribution in [0.3, 0.4) is 0 Å². The van der Waals surface area contributed by atoms with Crippen molar-refractivity contribution in [2.75, 3.05) is 31.6 Å². The summed E-state index contributed by atoms with van der Waals surface area (Å²) in [5.74, 6) is 1.37. The minimum atomic E-state index is 0.0255. The summed E-state index contributed by atoms with van der Waals surface area (Å²) < 4.78 is 5.61. The van der Waals surface area contributed by atoms with Gasteiger partial charge in [-0.2, -0.15) is 0 Å². The van der Waals surface area contributed by atoms with Crippen molar-refractivity contribution in [1.82, 2.24) is 14.9 Å². The molecule has 0 aliphatic carbocycles. The minimum Gasteiger partial charge on any atom is -0.376 e. The van der Waals surface area contributed by atoms with Gasteiger partial charge in [-0.3, -0.25) is 4.79 Å². The van der Waals surface area contributed by atoms with E-state index in [4.69, 9.17) is 4.74 Å². The lowest BCUT2D eigenvalue weighted by Gasteiger charge is -2.20. The van der Waals surface area contributed by atoms with Crippen molar-refractivity contribution >= 4 is 11.7 Å². The lowest BCUT2D eigenvalue weighted by Crippen LogP contribution is -2.32. The van der Waals surface area contributed by atoms with Crippen molar-refractivity contribution in [1.29, 1.82) is 0 Å². The van der Waals surface area contributed by atoms with Gasteiger partial charge in [0.05, 0.1) is 6.10 Å². The van der Waals surface area contributed by atoms with Crippen LogP contribution < -0.4 is 5.32 Å². The molecule has 6 nitrogen and oxygen atoms in total. The van der Waals surface area contributed by atoms with E-state index in [2.05, 4.69) is 15.3 Å². The Kier molecular flexibility index (Phi) is 5.43. The van der Waals surface area contributed by atoms with Gasteiger partial charge in [0.2, 0.25) is 0 Å². The van der Waals surface area contributed by atoms with Gasteiger partial charge < -0.3 is 15.0 Å². The molecule has 1 unspecified atom stereocenters. The molecule has 1 amide bonds. The van der Waals surface area contributed by atoms with Crippen molar-refractivity contribution in [3.8, 4) is 0 Å². The normalized spacial score (nSPS) is 22.0. The molecule has 0 bridgehead atoms. The van der Waals surface area contributed by atoms with Crippen LogP contribution in [0.25, 0.3) is 0 Å². The van der Waals surface area contributed by atoms with Crippen molar-refractivity contribution in [2.45, 2.75) is 51.6 Å². The SMILES string of the molecule is Cc1nc(NCC2CCCO2)cc(C(=O)N2CCCCCC2)n1. The molecule has 126 valence electrons. The van der Waals surface area contributed by atoms with Crippen LogP contribution in [0.4, 0.5) is 5.82 Å². The van der Waals surface area contributed by atoms with Crippen LogP contribution in [-0.2, 0) is 4.74 Å². The Balaban J connectivity index is 1.67. The van der Waals surface area contributed by atoms with Crippen LogP contribution >= 0.6 is 0 Å². The van der Waals surface area contributed by atoms with Crippen molar-refractivity contribution < 1.29 is 9.53 Å². The second-order valence-corrected chi connectivity index (χ2v) is 6.41. The van der Waals surface area contributed by atoms with Crippen LogP contribution in [-0.4, -0.2) is 53.1 Å². The van der Waals surface area contributed by atoms with Gasteiger partial charge in [-0.05, 0) is 32.6 Å². The second-order valence-electron chi connectivity index (χ2n) is 6.41. The molecule has 2 aliphatic rings. The summed E-state index contributed by atoms with van der Waals surface area (Å²) in [5.41, 5.74) is 0.495. The maximum atomic E-state index is 12.7. The number of anilines is 1. The molecule has 1 aromatic rings. The standard InChI is InChI=1S/C17H26N4O2/c1-13-19-15(17(22)21-8-4-2-3-5-9-21)11-16(20-13)18-12-14-7-6-10-23-14/h11,14H,2-10,12H2,1H3,(H,18,19,20). The molecule has 2 fully saturated rings. The lowest BCUT2D eigenvalue weighted by atomic mass is 10.2. The molecule has 1 atom stereocenters. The third kappa shape index (κ3) is 4.41. The Bertz CT molecular complexity index is 535. The van der Waals surface area contributed by atoms with E-state index in [9.17, 15) is 4.79 Å². The summed E-state index contributed by atoms with van der Waals surface area (Å²) in [6.45, 7) is 5.07. The van der Waals surface area contributed by atoms with Crippen molar-refractivity contribution in [3.63, 3.8) is 0 Å². The first-order chi connectivity index (χ1) is 11.2. The zero-order valence-corrected chi connectivity index (χ0v) is 13.9. The summed E-state index contributed by atoms with van der Waals surface area (Å²) in [6, 6.07) is 1.77. The minimum absolute atomic E-state index is 0.0255. The molecule has 0 radical (unpaired) electrons. The van der Waals surface area contributed by atoms with E-state index in [1.165, 1.54) is 12.8 Å². The summed E-state index contributed by atoms with van der Waals surface area (Å²) in [6.07, 6.45) is 7.03. The molecular formula is C17H26N4O2. The number of nitrogens with one attached hydrogen (secondary N) is 1. The van der Waals surface area contributed by atoms with E-state index >= 15 is 0 Å². The van der Waals surface area contributed by atoms with Crippen molar-refractivity contribution in [2.24, 2.45) is 0 Å². The predicted octanol–water partition coefficient (Wildman–Crippen LogP) is 2.39. The number of hydrogen-bond donors (Lipinski definition) is 1. The number of amides is 1. The van der Waals surface area contributed by atoms with Gasteiger partial charge in [0.15, 0.2) is 0 Å². The van der Waals surface area contributed by atoms with Crippen LogP contribution in [0.15, 0.2) is 6.07 Å². The number of aromatic nitrogens is 2. The molecule has 23 heavy (non-hydrogen) atoms. The molecule has 0 saturated carbocycles. The van der Waals surface area contributed by atoms with Crippen LogP contribution in [0.5, 0.6) is 0 Å². The first-order valence-electron chi connectivity index (χ1n) is 8.73. The Morgan fingerprint density at radius 1 is 1.26 bits per heavy atom. The summed E-state index contributed by atoms with van der Waals surface area (Å²) >= 11 is 0. The second kappa shape index (κ2) is 7.73. The van der Waals surface area contributed by atoms with Crippen LogP contribution in [0.2, 0.25) is 0 Å². The highest BCUT2D eigenvalue weighted by Gasteiger charge is 2.20. The zero-order valence-electron chi connectivity index (χ0n) is 13.9. The van der Waals surface area contributed by atoms with E-state index in [0.717, 1.165) is 51.9 Å². The fraction of sp³-hybridized carbons (Fsp3) is 0.706. The molecule has 1 aromatic heterocycles. The van der Waals surface area contributed by atoms with E-state index < -0.39 is 0 Å². The Hall–Kier alpha value is -1.69. The highest BCUT2D eigenvalue weighted by molar-refractivity contribution is 5.93. The fourth-order valence-electron chi connectivity index (χ4n) is 3.23. The summed E-state index contributed by atoms with van der Waals surface area (Å²) in [4.78, 5) is 23.4. The van der Waals surface area contributed by atoms with Gasteiger partial charge in [-0.25, -0.2) is 9.97 Å². The summed E-state index contributed by atoms with van der Waals surface area (Å²) in [5, 5.41) is 3.29. The topological polar surface area (TPSA) is 67.4 Å². The maximum absolute atomic E-state index is 12.7. The number of aryl methyl sites for hydroxylation is 1. The number of nitrogens with zero attached hydrogens (tertiary/aromatic N) is 3. The van der Waals surface area contributed by atoms with Crippen molar-refractivity contribution in [3.05, 3.63) is 17.6 Å².